The average Bonchev–Trinajstić information content (AvgIpc) is 2.70. The van der Waals surface area contributed by atoms with Crippen molar-refractivity contribution in [1.29, 1.82) is 0 Å². The van der Waals surface area contributed by atoms with Crippen LogP contribution in [0.25, 0.3) is 0 Å². The van der Waals surface area contributed by atoms with Crippen molar-refractivity contribution in [3.05, 3.63) is 30.3 Å². The zero-order chi connectivity index (χ0) is 22.2. The Kier molecular flexibility index (Phi) is 13.0. The Hall–Kier alpha value is -1.93. The lowest BCUT2D eigenvalue weighted by Crippen LogP contribution is -2.36. The maximum atomic E-state index is 12.1. The van der Waals surface area contributed by atoms with Crippen molar-refractivity contribution in [2.24, 2.45) is 0 Å². The highest BCUT2D eigenvalue weighted by Gasteiger charge is 2.36. The molecule has 0 fully saturated rings. The molecule has 0 spiro atoms. The highest BCUT2D eigenvalue weighted by atomic mass is 32.2. The number of benzene rings is 1. The number of carbonyl (C=O) groups excluding carboxylic acids is 2. The quantitative estimate of drug-likeness (QED) is 0.171. The van der Waals surface area contributed by atoms with E-state index in [1.165, 1.54) is 50.7 Å². The lowest BCUT2D eigenvalue weighted by atomic mass is 10.1. The molecule has 1 atom stereocenters. The molecule has 1 N–H and O–H groups in total. The van der Waals surface area contributed by atoms with Crippen molar-refractivity contribution in [3.8, 4) is 5.75 Å². The fourth-order valence-electron chi connectivity index (χ4n) is 2.97. The van der Waals surface area contributed by atoms with Gasteiger partial charge < -0.3 is 9.47 Å². The third-order valence-corrected chi connectivity index (χ3v) is 5.78. The number of rotatable bonds is 16. The third-order valence-electron chi connectivity index (χ3n) is 4.70. The number of esters is 2. The minimum Gasteiger partial charge on any atom is -0.466 e. The van der Waals surface area contributed by atoms with Crippen molar-refractivity contribution in [2.45, 2.75) is 82.8 Å². The van der Waals surface area contributed by atoms with Crippen LogP contribution in [0.15, 0.2) is 30.3 Å². The molecule has 1 aromatic carbocycles. The van der Waals surface area contributed by atoms with E-state index in [1.54, 1.807) is 18.2 Å². The molecule has 0 saturated carbocycles. The third kappa shape index (κ3) is 11.9. The number of ether oxygens (including phenoxy) is 2. The van der Waals surface area contributed by atoms with Gasteiger partial charge >= 0.3 is 11.9 Å². The van der Waals surface area contributed by atoms with E-state index in [9.17, 15) is 22.6 Å². The number of unbranched alkanes of at least 4 members (excludes halogenated alkanes) is 9. The first-order chi connectivity index (χ1) is 14.3. The van der Waals surface area contributed by atoms with Crippen LogP contribution in [0.1, 0.15) is 77.6 Å². The van der Waals surface area contributed by atoms with Gasteiger partial charge in [0.05, 0.1) is 13.0 Å². The van der Waals surface area contributed by atoms with E-state index in [0.717, 1.165) is 19.3 Å². The zero-order valence-corrected chi connectivity index (χ0v) is 18.6. The van der Waals surface area contributed by atoms with Crippen molar-refractivity contribution in [3.63, 3.8) is 0 Å². The molecule has 170 valence electrons. The summed E-state index contributed by atoms with van der Waals surface area (Å²) in [5.74, 6) is -1.96. The highest BCUT2D eigenvalue weighted by molar-refractivity contribution is 7.87. The summed E-state index contributed by atoms with van der Waals surface area (Å²) in [5, 5.41) is -2.02. The molecule has 1 rings (SSSR count). The molecule has 0 radical (unpaired) electrons. The average molecular weight is 443 g/mol. The van der Waals surface area contributed by atoms with Gasteiger partial charge in [-0.2, -0.15) is 8.42 Å². The molecule has 0 aliphatic heterocycles. The number of para-hydroxylation sites is 1. The summed E-state index contributed by atoms with van der Waals surface area (Å²) in [6.07, 6.45) is 10.6. The summed E-state index contributed by atoms with van der Waals surface area (Å²) in [5.41, 5.74) is 0. The van der Waals surface area contributed by atoms with Crippen LogP contribution in [0.4, 0.5) is 0 Å². The van der Waals surface area contributed by atoms with Gasteiger partial charge in [-0.25, -0.2) is 0 Å². The summed E-state index contributed by atoms with van der Waals surface area (Å²) >= 11 is 0. The maximum Gasteiger partial charge on any atom is 0.332 e. The van der Waals surface area contributed by atoms with Gasteiger partial charge in [-0.05, 0) is 18.6 Å². The van der Waals surface area contributed by atoms with Crippen LogP contribution in [0, 0.1) is 0 Å². The SMILES string of the molecule is CCCCCCCCCCCCOC(=O)CC(C(=O)Oc1ccccc1)S(=O)(=O)O. The second-order valence-electron chi connectivity index (χ2n) is 7.34. The lowest BCUT2D eigenvalue weighted by Gasteiger charge is -2.13. The van der Waals surface area contributed by atoms with E-state index in [0.29, 0.717) is 6.42 Å². The summed E-state index contributed by atoms with van der Waals surface area (Å²) in [6, 6.07) is 7.82. The van der Waals surface area contributed by atoms with E-state index in [4.69, 9.17) is 9.47 Å². The van der Waals surface area contributed by atoms with Crippen LogP contribution in [-0.2, 0) is 24.4 Å². The van der Waals surface area contributed by atoms with Crippen LogP contribution in [0.5, 0.6) is 5.75 Å². The Balaban J connectivity index is 2.25. The smallest absolute Gasteiger partial charge is 0.332 e. The second kappa shape index (κ2) is 15.0. The van der Waals surface area contributed by atoms with Gasteiger partial charge in [0.15, 0.2) is 5.25 Å². The largest absolute Gasteiger partial charge is 0.466 e. The first-order valence-corrected chi connectivity index (χ1v) is 12.2. The fraction of sp³-hybridized carbons (Fsp3) is 0.636. The molecule has 0 amide bonds. The molecule has 30 heavy (non-hydrogen) atoms. The normalized spacial score (nSPS) is 12.3. The molecule has 7 nitrogen and oxygen atoms in total. The van der Waals surface area contributed by atoms with Crippen LogP contribution >= 0.6 is 0 Å². The summed E-state index contributed by atoms with van der Waals surface area (Å²) < 4.78 is 42.3. The molecular formula is C22H34O7S. The van der Waals surface area contributed by atoms with Crippen LogP contribution in [-0.4, -0.2) is 36.8 Å². The molecular weight excluding hydrogens is 408 g/mol. The highest BCUT2D eigenvalue weighted by Crippen LogP contribution is 2.15. The molecule has 0 aromatic heterocycles. The Labute approximate surface area is 179 Å². The van der Waals surface area contributed by atoms with Gasteiger partial charge in [-0.1, -0.05) is 82.9 Å². The van der Waals surface area contributed by atoms with E-state index in [-0.39, 0.29) is 12.4 Å². The van der Waals surface area contributed by atoms with Crippen molar-refractivity contribution in [1.82, 2.24) is 0 Å². The zero-order valence-electron chi connectivity index (χ0n) is 17.8. The molecule has 0 aliphatic carbocycles. The summed E-state index contributed by atoms with van der Waals surface area (Å²) in [7, 11) is -4.81. The van der Waals surface area contributed by atoms with Crippen LogP contribution < -0.4 is 4.74 Å². The fourth-order valence-corrected chi connectivity index (χ4v) is 3.60. The molecule has 0 aliphatic rings. The predicted molar refractivity (Wildman–Crippen MR) is 115 cm³/mol. The van der Waals surface area contributed by atoms with E-state index >= 15 is 0 Å². The number of carbonyl (C=O) groups is 2. The lowest BCUT2D eigenvalue weighted by molar-refractivity contribution is -0.146. The number of hydrogen-bond acceptors (Lipinski definition) is 6. The molecule has 8 heteroatoms. The molecule has 1 aromatic rings. The number of hydrogen-bond donors (Lipinski definition) is 1. The van der Waals surface area contributed by atoms with Gasteiger partial charge in [0.1, 0.15) is 5.75 Å². The standard InChI is InChI=1S/C22H34O7S/c1-2-3-4-5-6-7-8-9-10-14-17-28-21(23)18-20(30(25,26)27)22(24)29-19-15-12-11-13-16-19/h11-13,15-16,20H,2-10,14,17-18H2,1H3,(H,25,26,27). The summed E-state index contributed by atoms with van der Waals surface area (Å²) in [6.45, 7) is 2.35. The van der Waals surface area contributed by atoms with Crippen molar-refractivity contribution in [2.75, 3.05) is 6.61 Å². The van der Waals surface area contributed by atoms with Crippen molar-refractivity contribution < 1.29 is 32.0 Å². The van der Waals surface area contributed by atoms with Gasteiger partial charge in [0.25, 0.3) is 10.1 Å². The topological polar surface area (TPSA) is 107 Å². The Morgan fingerprint density at radius 3 is 1.97 bits per heavy atom. The van der Waals surface area contributed by atoms with E-state index in [2.05, 4.69) is 6.92 Å². The van der Waals surface area contributed by atoms with Crippen molar-refractivity contribution >= 4 is 22.1 Å². The monoisotopic (exact) mass is 442 g/mol. The first kappa shape index (κ1) is 26.1. The minimum absolute atomic E-state index is 0.120. The predicted octanol–water partition coefficient (Wildman–Crippen LogP) is 4.70. The molecule has 1 unspecified atom stereocenters. The van der Waals surface area contributed by atoms with Gasteiger partial charge in [0, 0.05) is 0 Å². The molecule has 0 heterocycles. The first-order valence-electron chi connectivity index (χ1n) is 10.7. The van der Waals surface area contributed by atoms with Gasteiger partial charge in [0.2, 0.25) is 0 Å². The second-order valence-corrected chi connectivity index (χ2v) is 8.94. The Bertz CT molecular complexity index is 716. The van der Waals surface area contributed by atoms with Gasteiger partial charge in [-0.3, -0.25) is 14.1 Å². The molecule has 0 saturated heterocycles. The van der Waals surface area contributed by atoms with Crippen LogP contribution in [0.2, 0.25) is 0 Å². The van der Waals surface area contributed by atoms with E-state index < -0.39 is 33.7 Å². The van der Waals surface area contributed by atoms with E-state index in [1.807, 2.05) is 0 Å². The Morgan fingerprint density at radius 2 is 1.43 bits per heavy atom. The maximum absolute atomic E-state index is 12.1. The molecule has 0 bridgehead atoms. The van der Waals surface area contributed by atoms with Crippen LogP contribution in [0.3, 0.4) is 0 Å². The summed E-state index contributed by atoms with van der Waals surface area (Å²) in [4.78, 5) is 24.0. The Morgan fingerprint density at radius 1 is 0.900 bits per heavy atom. The minimum atomic E-state index is -4.81. The van der Waals surface area contributed by atoms with Gasteiger partial charge in [-0.15, -0.1) is 0 Å².